The van der Waals surface area contributed by atoms with Gasteiger partial charge in [-0.3, -0.25) is 0 Å². The molecule has 0 saturated heterocycles. The number of hydrogen-bond acceptors (Lipinski definition) is 2. The summed E-state index contributed by atoms with van der Waals surface area (Å²) in [4.78, 5) is 11.4. The molecule has 0 bridgehead atoms. The first-order chi connectivity index (χ1) is 13.2. The summed E-state index contributed by atoms with van der Waals surface area (Å²) in [5.74, 6) is 11.6. The predicted octanol–water partition coefficient (Wildman–Crippen LogP) is 4.85. The molecule has 0 radical (unpaired) electrons. The van der Waals surface area contributed by atoms with E-state index in [2.05, 4.69) is 65.7 Å². The van der Waals surface area contributed by atoms with Crippen LogP contribution in [0.4, 0.5) is 0 Å². The van der Waals surface area contributed by atoms with Crippen LogP contribution in [-0.2, 0) is 4.74 Å². The summed E-state index contributed by atoms with van der Waals surface area (Å²) in [5.41, 5.74) is 5.69. The number of methoxy groups -OCH3 is 1. The Balaban J connectivity index is 1.81. The molecule has 0 atom stereocenters. The van der Waals surface area contributed by atoms with Gasteiger partial charge in [0.25, 0.3) is 0 Å². The van der Waals surface area contributed by atoms with Gasteiger partial charge in [0.2, 0.25) is 0 Å². The highest BCUT2D eigenvalue weighted by Gasteiger charge is 2.03. The van der Waals surface area contributed by atoms with E-state index in [4.69, 9.17) is 0 Å². The van der Waals surface area contributed by atoms with Gasteiger partial charge >= 0.3 is 5.97 Å². The van der Waals surface area contributed by atoms with Gasteiger partial charge in [0.05, 0.1) is 12.7 Å². The van der Waals surface area contributed by atoms with Gasteiger partial charge in [0.15, 0.2) is 0 Å². The molecule has 0 heterocycles. The SMILES string of the molecule is COC(=O)c1ccc(C#CC#Cc2ccccc2-c2ccc(C)cc2)cc1. The number of carbonyl (C=O) groups excluding carboxylic acids is 1. The Morgan fingerprint density at radius 3 is 2.19 bits per heavy atom. The number of hydrogen-bond donors (Lipinski definition) is 0. The molecule has 0 spiro atoms. The van der Waals surface area contributed by atoms with E-state index in [1.54, 1.807) is 24.3 Å². The first-order valence-corrected chi connectivity index (χ1v) is 8.54. The van der Waals surface area contributed by atoms with E-state index in [1.807, 2.05) is 18.2 Å². The van der Waals surface area contributed by atoms with Crippen LogP contribution in [0.15, 0.2) is 72.8 Å². The molecule has 2 nitrogen and oxygen atoms in total. The molecular weight excluding hydrogens is 332 g/mol. The van der Waals surface area contributed by atoms with E-state index in [0.29, 0.717) is 5.56 Å². The molecule has 2 heteroatoms. The van der Waals surface area contributed by atoms with Crippen molar-refractivity contribution in [2.45, 2.75) is 6.92 Å². The summed E-state index contributed by atoms with van der Waals surface area (Å²) in [7, 11) is 1.36. The average Bonchev–Trinajstić information content (AvgIpc) is 2.72. The van der Waals surface area contributed by atoms with Gasteiger partial charge in [-0.15, -0.1) is 0 Å². The summed E-state index contributed by atoms with van der Waals surface area (Å²) in [6.45, 7) is 2.07. The van der Waals surface area contributed by atoms with Crippen molar-refractivity contribution in [2.24, 2.45) is 0 Å². The third-order valence-corrected chi connectivity index (χ3v) is 4.06. The van der Waals surface area contributed by atoms with Gasteiger partial charge in [-0.25, -0.2) is 4.79 Å². The van der Waals surface area contributed by atoms with Crippen LogP contribution in [0.2, 0.25) is 0 Å². The molecule has 0 fully saturated rings. The minimum absolute atomic E-state index is 0.359. The molecule has 0 unspecified atom stereocenters. The number of benzene rings is 3. The summed E-state index contributed by atoms with van der Waals surface area (Å²) in [6.07, 6.45) is 0. The Morgan fingerprint density at radius 1 is 0.815 bits per heavy atom. The normalized spacial score (nSPS) is 9.41. The Kier molecular flexibility index (Phi) is 5.73. The molecule has 130 valence electrons. The highest BCUT2D eigenvalue weighted by molar-refractivity contribution is 5.89. The zero-order valence-corrected chi connectivity index (χ0v) is 15.2. The van der Waals surface area contributed by atoms with Gasteiger partial charge in [-0.2, -0.15) is 0 Å². The van der Waals surface area contributed by atoms with Crippen molar-refractivity contribution in [3.05, 3.63) is 95.1 Å². The molecule has 0 saturated carbocycles. The maximum Gasteiger partial charge on any atom is 0.337 e. The van der Waals surface area contributed by atoms with Crippen molar-refractivity contribution >= 4 is 5.97 Å². The number of aryl methyl sites for hydroxylation is 1. The van der Waals surface area contributed by atoms with Gasteiger partial charge < -0.3 is 4.74 Å². The first kappa shape index (κ1) is 18.1. The topological polar surface area (TPSA) is 26.3 Å². The maximum absolute atomic E-state index is 11.4. The second-order valence-corrected chi connectivity index (χ2v) is 5.98. The van der Waals surface area contributed by atoms with Crippen molar-refractivity contribution < 1.29 is 9.53 Å². The number of rotatable bonds is 2. The first-order valence-electron chi connectivity index (χ1n) is 8.54. The third-order valence-electron chi connectivity index (χ3n) is 4.06. The van der Waals surface area contributed by atoms with E-state index in [0.717, 1.165) is 22.3 Å². The summed E-state index contributed by atoms with van der Waals surface area (Å²) in [5, 5.41) is 0. The lowest BCUT2D eigenvalue weighted by Crippen LogP contribution is -2.00. The molecule has 0 aliphatic heterocycles. The highest BCUT2D eigenvalue weighted by Crippen LogP contribution is 2.23. The van der Waals surface area contributed by atoms with Crippen LogP contribution in [-0.4, -0.2) is 13.1 Å². The molecule has 0 aliphatic carbocycles. The predicted molar refractivity (Wildman–Crippen MR) is 108 cm³/mol. The van der Waals surface area contributed by atoms with Gasteiger partial charge in [-0.1, -0.05) is 59.9 Å². The quantitative estimate of drug-likeness (QED) is 0.488. The summed E-state index contributed by atoms with van der Waals surface area (Å²) >= 11 is 0. The Hall–Kier alpha value is -3.75. The van der Waals surface area contributed by atoms with Gasteiger partial charge in [-0.05, 0) is 60.2 Å². The van der Waals surface area contributed by atoms with Crippen LogP contribution in [0.25, 0.3) is 11.1 Å². The third kappa shape index (κ3) is 4.66. The van der Waals surface area contributed by atoms with Crippen LogP contribution in [0.3, 0.4) is 0 Å². The lowest BCUT2D eigenvalue weighted by Gasteiger charge is -2.04. The van der Waals surface area contributed by atoms with Crippen molar-refractivity contribution in [2.75, 3.05) is 7.11 Å². The molecule has 0 amide bonds. The second-order valence-electron chi connectivity index (χ2n) is 5.98. The van der Waals surface area contributed by atoms with Crippen molar-refractivity contribution in [1.82, 2.24) is 0 Å². The molecule has 3 rings (SSSR count). The lowest BCUT2D eigenvalue weighted by molar-refractivity contribution is 0.0600. The molecule has 3 aromatic carbocycles. The molecular formula is C25H18O2. The number of esters is 1. The van der Waals surface area contributed by atoms with Crippen LogP contribution in [0.5, 0.6) is 0 Å². The fraction of sp³-hybridized carbons (Fsp3) is 0.0800. The standard InChI is InChI=1S/C25H18O2/c1-19-11-15-22(16-12-19)24-10-6-5-9-21(24)8-4-3-7-20-13-17-23(18-14-20)25(26)27-2/h5-6,9-18H,1-2H3. The maximum atomic E-state index is 11.4. The monoisotopic (exact) mass is 350 g/mol. The fourth-order valence-electron chi connectivity index (χ4n) is 2.59. The lowest BCUT2D eigenvalue weighted by atomic mass is 9.99. The van der Waals surface area contributed by atoms with Crippen LogP contribution in [0.1, 0.15) is 27.0 Å². The summed E-state index contributed by atoms with van der Waals surface area (Å²) < 4.78 is 4.68. The Bertz CT molecular complexity index is 1070. The van der Waals surface area contributed by atoms with E-state index in [9.17, 15) is 4.79 Å². The number of carbonyl (C=O) groups is 1. The van der Waals surface area contributed by atoms with Crippen LogP contribution >= 0.6 is 0 Å². The van der Waals surface area contributed by atoms with Gasteiger partial charge in [0.1, 0.15) is 0 Å². The largest absolute Gasteiger partial charge is 0.465 e. The van der Waals surface area contributed by atoms with Crippen LogP contribution < -0.4 is 0 Å². The zero-order chi connectivity index (χ0) is 19.1. The molecule has 3 aromatic rings. The van der Waals surface area contributed by atoms with Crippen molar-refractivity contribution in [3.8, 4) is 34.8 Å². The average molecular weight is 350 g/mol. The molecule has 0 aliphatic rings. The summed E-state index contributed by atoms with van der Waals surface area (Å²) in [6, 6.07) is 23.4. The van der Waals surface area contributed by atoms with Crippen LogP contribution in [0, 0.1) is 30.6 Å². The zero-order valence-electron chi connectivity index (χ0n) is 15.2. The van der Waals surface area contributed by atoms with Gasteiger partial charge in [0, 0.05) is 11.1 Å². The Labute approximate surface area is 159 Å². The fourth-order valence-corrected chi connectivity index (χ4v) is 2.59. The van der Waals surface area contributed by atoms with E-state index in [1.165, 1.54) is 12.7 Å². The number of ether oxygens (including phenoxy) is 1. The highest BCUT2D eigenvalue weighted by atomic mass is 16.5. The van der Waals surface area contributed by atoms with Crippen molar-refractivity contribution in [1.29, 1.82) is 0 Å². The molecule has 0 N–H and O–H groups in total. The smallest absolute Gasteiger partial charge is 0.337 e. The second kappa shape index (κ2) is 8.56. The molecule has 27 heavy (non-hydrogen) atoms. The minimum atomic E-state index is -0.359. The van der Waals surface area contributed by atoms with E-state index < -0.39 is 0 Å². The van der Waals surface area contributed by atoms with E-state index >= 15 is 0 Å². The molecule has 0 aromatic heterocycles. The Morgan fingerprint density at radius 2 is 1.48 bits per heavy atom. The van der Waals surface area contributed by atoms with Crippen molar-refractivity contribution in [3.63, 3.8) is 0 Å². The van der Waals surface area contributed by atoms with E-state index in [-0.39, 0.29) is 5.97 Å². The minimum Gasteiger partial charge on any atom is -0.465 e.